The normalized spacial score (nSPS) is 15.8. The fraction of sp³-hybridized carbons (Fsp3) is 0.381. The SMILES string of the molecule is COc1ccc(Cl)cc1NC(=O)CN1CCCN(Cc2ccc(F)cc2)CC1. The molecule has 0 aliphatic carbocycles. The van der Waals surface area contributed by atoms with E-state index in [9.17, 15) is 9.18 Å². The van der Waals surface area contributed by atoms with E-state index in [0.717, 1.165) is 44.7 Å². The number of ether oxygens (including phenoxy) is 1. The van der Waals surface area contributed by atoms with E-state index in [-0.39, 0.29) is 11.7 Å². The van der Waals surface area contributed by atoms with E-state index >= 15 is 0 Å². The smallest absolute Gasteiger partial charge is 0.238 e. The lowest BCUT2D eigenvalue weighted by molar-refractivity contribution is -0.117. The second-order valence-corrected chi connectivity index (χ2v) is 7.36. The minimum atomic E-state index is -0.215. The molecule has 2 aromatic carbocycles. The Hall–Kier alpha value is -2.15. The first kappa shape index (κ1) is 20.6. The highest BCUT2D eigenvalue weighted by Gasteiger charge is 2.18. The summed E-state index contributed by atoms with van der Waals surface area (Å²) in [6.45, 7) is 4.60. The molecular formula is C21H25ClFN3O2. The van der Waals surface area contributed by atoms with Crippen molar-refractivity contribution in [3.63, 3.8) is 0 Å². The van der Waals surface area contributed by atoms with Crippen LogP contribution in [0.2, 0.25) is 5.02 Å². The van der Waals surface area contributed by atoms with Crippen molar-refractivity contribution < 1.29 is 13.9 Å². The first-order valence-corrected chi connectivity index (χ1v) is 9.74. The summed E-state index contributed by atoms with van der Waals surface area (Å²) in [6.07, 6.45) is 0.981. The molecule has 5 nitrogen and oxygen atoms in total. The average Bonchev–Trinajstić information content (AvgIpc) is 2.89. The molecule has 3 rings (SSSR count). The van der Waals surface area contributed by atoms with E-state index in [0.29, 0.717) is 23.0 Å². The number of rotatable bonds is 6. The van der Waals surface area contributed by atoms with Gasteiger partial charge in [-0.15, -0.1) is 0 Å². The summed E-state index contributed by atoms with van der Waals surface area (Å²) in [5.41, 5.74) is 1.67. The highest BCUT2D eigenvalue weighted by atomic mass is 35.5. The number of nitrogens with zero attached hydrogens (tertiary/aromatic N) is 2. The zero-order chi connectivity index (χ0) is 19.9. The van der Waals surface area contributed by atoms with E-state index in [4.69, 9.17) is 16.3 Å². The highest BCUT2D eigenvalue weighted by Crippen LogP contribution is 2.27. The standard InChI is InChI=1S/C21H25ClFN3O2/c1-28-20-8-5-17(22)13-19(20)24-21(27)15-26-10-2-9-25(11-12-26)14-16-3-6-18(23)7-4-16/h3-8,13H,2,9-12,14-15H2,1H3,(H,24,27). The molecule has 0 unspecified atom stereocenters. The molecule has 0 bridgehead atoms. The van der Waals surface area contributed by atoms with Gasteiger partial charge < -0.3 is 10.1 Å². The van der Waals surface area contributed by atoms with Gasteiger partial charge in [0.05, 0.1) is 19.3 Å². The minimum Gasteiger partial charge on any atom is -0.495 e. The van der Waals surface area contributed by atoms with Crippen LogP contribution in [0.4, 0.5) is 10.1 Å². The van der Waals surface area contributed by atoms with Gasteiger partial charge in [-0.1, -0.05) is 23.7 Å². The zero-order valence-electron chi connectivity index (χ0n) is 16.0. The Labute approximate surface area is 170 Å². The van der Waals surface area contributed by atoms with Crippen molar-refractivity contribution >= 4 is 23.2 Å². The Morgan fingerprint density at radius 1 is 1.11 bits per heavy atom. The maximum Gasteiger partial charge on any atom is 0.238 e. The van der Waals surface area contributed by atoms with Gasteiger partial charge in [0.15, 0.2) is 0 Å². The Bertz CT molecular complexity index is 801. The van der Waals surface area contributed by atoms with Crippen LogP contribution in [0.25, 0.3) is 0 Å². The molecule has 1 aliphatic rings. The van der Waals surface area contributed by atoms with Crippen molar-refractivity contribution in [2.75, 3.05) is 45.2 Å². The first-order valence-electron chi connectivity index (χ1n) is 9.36. The molecule has 0 aromatic heterocycles. The fourth-order valence-electron chi connectivity index (χ4n) is 3.36. The molecule has 0 radical (unpaired) electrons. The number of hydrogen-bond donors (Lipinski definition) is 1. The molecule has 2 aromatic rings. The van der Waals surface area contributed by atoms with Gasteiger partial charge in [-0.3, -0.25) is 14.6 Å². The van der Waals surface area contributed by atoms with Gasteiger partial charge in [0, 0.05) is 24.7 Å². The maximum absolute atomic E-state index is 13.1. The lowest BCUT2D eigenvalue weighted by atomic mass is 10.2. The first-order chi connectivity index (χ1) is 13.5. The van der Waals surface area contributed by atoms with Crippen molar-refractivity contribution in [3.8, 4) is 5.75 Å². The van der Waals surface area contributed by atoms with Crippen LogP contribution in [0, 0.1) is 5.82 Å². The molecule has 0 atom stereocenters. The van der Waals surface area contributed by atoms with Gasteiger partial charge >= 0.3 is 0 Å². The van der Waals surface area contributed by atoms with Gasteiger partial charge in [-0.05, 0) is 55.4 Å². The van der Waals surface area contributed by atoms with Crippen molar-refractivity contribution in [1.29, 1.82) is 0 Å². The molecular weight excluding hydrogens is 381 g/mol. The monoisotopic (exact) mass is 405 g/mol. The van der Waals surface area contributed by atoms with Crippen LogP contribution in [0.3, 0.4) is 0 Å². The largest absolute Gasteiger partial charge is 0.495 e. The lowest BCUT2D eigenvalue weighted by Crippen LogP contribution is -2.36. The third-order valence-corrected chi connectivity index (χ3v) is 5.04. The van der Waals surface area contributed by atoms with Crippen LogP contribution in [0.15, 0.2) is 42.5 Å². The van der Waals surface area contributed by atoms with E-state index in [1.807, 2.05) is 12.1 Å². The van der Waals surface area contributed by atoms with Crippen molar-refractivity contribution in [3.05, 3.63) is 58.9 Å². The third kappa shape index (κ3) is 5.92. The van der Waals surface area contributed by atoms with Crippen LogP contribution >= 0.6 is 11.6 Å². The Morgan fingerprint density at radius 3 is 2.57 bits per heavy atom. The minimum absolute atomic E-state index is 0.0902. The summed E-state index contributed by atoms with van der Waals surface area (Å²) in [7, 11) is 1.56. The van der Waals surface area contributed by atoms with Crippen LogP contribution in [0.5, 0.6) is 5.75 Å². The second-order valence-electron chi connectivity index (χ2n) is 6.93. The molecule has 0 spiro atoms. The van der Waals surface area contributed by atoms with Crippen molar-refractivity contribution in [2.45, 2.75) is 13.0 Å². The van der Waals surface area contributed by atoms with Crippen LogP contribution < -0.4 is 10.1 Å². The van der Waals surface area contributed by atoms with Crippen molar-refractivity contribution in [1.82, 2.24) is 9.80 Å². The molecule has 150 valence electrons. The summed E-state index contributed by atoms with van der Waals surface area (Å²) < 4.78 is 18.3. The lowest BCUT2D eigenvalue weighted by Gasteiger charge is -2.21. The topological polar surface area (TPSA) is 44.8 Å². The maximum atomic E-state index is 13.1. The van der Waals surface area contributed by atoms with Gasteiger partial charge in [0.2, 0.25) is 5.91 Å². The number of amides is 1. The molecule has 28 heavy (non-hydrogen) atoms. The van der Waals surface area contributed by atoms with Crippen molar-refractivity contribution in [2.24, 2.45) is 0 Å². The quantitative estimate of drug-likeness (QED) is 0.797. The molecule has 1 fully saturated rings. The molecule has 1 heterocycles. The van der Waals surface area contributed by atoms with E-state index < -0.39 is 0 Å². The summed E-state index contributed by atoms with van der Waals surface area (Å²) in [5, 5.41) is 3.43. The van der Waals surface area contributed by atoms with E-state index in [1.54, 1.807) is 25.3 Å². The number of nitrogens with one attached hydrogen (secondary N) is 1. The molecule has 7 heteroatoms. The van der Waals surface area contributed by atoms with Gasteiger partial charge in [-0.25, -0.2) is 4.39 Å². The van der Waals surface area contributed by atoms with Gasteiger partial charge in [0.25, 0.3) is 0 Å². The molecule has 1 amide bonds. The third-order valence-electron chi connectivity index (χ3n) is 4.80. The van der Waals surface area contributed by atoms with Crippen LogP contribution in [0.1, 0.15) is 12.0 Å². The summed E-state index contributed by atoms with van der Waals surface area (Å²) in [4.78, 5) is 17.0. The highest BCUT2D eigenvalue weighted by molar-refractivity contribution is 6.31. The number of hydrogen-bond acceptors (Lipinski definition) is 4. The summed E-state index contributed by atoms with van der Waals surface area (Å²) in [6, 6.07) is 11.8. The predicted molar refractivity (Wildman–Crippen MR) is 109 cm³/mol. The van der Waals surface area contributed by atoms with Gasteiger partial charge in [-0.2, -0.15) is 0 Å². The summed E-state index contributed by atoms with van der Waals surface area (Å²) >= 11 is 6.02. The number of benzene rings is 2. The van der Waals surface area contributed by atoms with E-state index in [2.05, 4.69) is 15.1 Å². The summed E-state index contributed by atoms with van der Waals surface area (Å²) in [5.74, 6) is 0.278. The van der Waals surface area contributed by atoms with Gasteiger partial charge in [0.1, 0.15) is 11.6 Å². The Kier molecular flexibility index (Phi) is 7.25. The zero-order valence-corrected chi connectivity index (χ0v) is 16.7. The second kappa shape index (κ2) is 9.87. The molecule has 1 N–H and O–H groups in total. The number of carbonyl (C=O) groups excluding carboxylic acids is 1. The molecule has 0 saturated carbocycles. The molecule has 1 saturated heterocycles. The number of carbonyl (C=O) groups is 1. The Morgan fingerprint density at radius 2 is 1.82 bits per heavy atom. The predicted octanol–water partition coefficient (Wildman–Crippen LogP) is 3.63. The van der Waals surface area contributed by atoms with Crippen LogP contribution in [-0.2, 0) is 11.3 Å². The van der Waals surface area contributed by atoms with Crippen LogP contribution in [-0.4, -0.2) is 55.5 Å². The van der Waals surface area contributed by atoms with E-state index in [1.165, 1.54) is 12.1 Å². The number of anilines is 1. The fourth-order valence-corrected chi connectivity index (χ4v) is 3.53. The Balaban J connectivity index is 1.51. The number of halogens is 2. The average molecular weight is 406 g/mol. The number of methoxy groups -OCH3 is 1. The molecule has 1 aliphatic heterocycles.